The minimum absolute atomic E-state index is 0.282. The summed E-state index contributed by atoms with van der Waals surface area (Å²) in [5.74, 6) is -0.282. The van der Waals surface area contributed by atoms with Crippen molar-refractivity contribution in [3.05, 3.63) is 12.5 Å². The molecule has 0 amide bonds. The average molecular weight is 92.0 g/mol. The maximum atomic E-state index is 7.92. The van der Waals surface area contributed by atoms with E-state index in [2.05, 4.69) is 11.1 Å². The van der Waals surface area contributed by atoms with E-state index in [0.29, 0.717) is 0 Å². The summed E-state index contributed by atoms with van der Waals surface area (Å²) < 4.78 is 4.03. The average Bonchev–Trinajstić information content (AvgIpc) is 1.38. The Kier molecular flexibility index (Phi) is 1.94. The van der Waals surface area contributed by atoms with Crippen molar-refractivity contribution in [3.63, 3.8) is 0 Å². The van der Waals surface area contributed by atoms with Crippen LogP contribution >= 0.6 is 9.47 Å². The summed E-state index contributed by atoms with van der Waals surface area (Å²) in [4.78, 5) is 0. The molecule has 0 heterocycles. The van der Waals surface area contributed by atoms with Crippen molar-refractivity contribution in [2.45, 2.75) is 0 Å². The maximum absolute atomic E-state index is 7.92. The van der Waals surface area contributed by atoms with Crippen LogP contribution in [0.4, 0.5) is 0 Å². The third-order valence-corrected chi connectivity index (χ3v) is 0.408. The van der Waals surface area contributed by atoms with E-state index in [1.165, 1.54) is 0 Å². The van der Waals surface area contributed by atoms with Gasteiger partial charge in [-0.3, -0.25) is 0 Å². The molecule has 30 valence electrons. The van der Waals surface area contributed by atoms with Crippen LogP contribution in [0.15, 0.2) is 12.5 Å². The second kappa shape index (κ2) is 2.04. The van der Waals surface area contributed by atoms with Crippen LogP contribution in [0.25, 0.3) is 0 Å². The normalized spacial score (nSPS) is 6.60. The molecule has 0 saturated carbocycles. The molecule has 0 aromatic rings. The van der Waals surface area contributed by atoms with E-state index in [-0.39, 0.29) is 5.95 Å². The highest BCUT2D eigenvalue weighted by Gasteiger charge is 1.69. The molecule has 0 aromatic heterocycles. The molecule has 0 spiro atoms. The second-order valence-corrected chi connectivity index (χ2v) is 0.747. The van der Waals surface area contributed by atoms with Gasteiger partial charge < -0.3 is 9.63 Å². The van der Waals surface area contributed by atoms with Gasteiger partial charge in [0, 0.05) is 0 Å². The van der Waals surface area contributed by atoms with Crippen LogP contribution in [0, 0.1) is 0 Å². The van der Waals surface area contributed by atoms with Gasteiger partial charge in [-0.15, -0.1) is 0 Å². The zero-order valence-electron chi connectivity index (χ0n) is 2.64. The molecule has 3 heteroatoms. The highest BCUT2D eigenvalue weighted by Crippen LogP contribution is 1.90. The number of hydrogen-bond acceptors (Lipinski definition) is 2. The Morgan fingerprint density at radius 2 is 2.20 bits per heavy atom. The Hall–Kier alpha value is -0.230. The standard InChI is InChI=1S/C2H5O2P/c1-2(3)4-5/h3H,1,5H2. The molecule has 0 saturated heterocycles. The largest absolute Gasteiger partial charge is 0.481 e. The minimum Gasteiger partial charge on any atom is -0.481 e. The minimum atomic E-state index is -0.282. The third-order valence-electron chi connectivity index (χ3n) is 0.136. The third kappa shape index (κ3) is 3.77. The molecule has 5 heavy (non-hydrogen) atoms. The van der Waals surface area contributed by atoms with Gasteiger partial charge in [0.1, 0.15) is 0 Å². The van der Waals surface area contributed by atoms with Crippen molar-refractivity contribution in [1.82, 2.24) is 0 Å². The Morgan fingerprint density at radius 1 is 2.00 bits per heavy atom. The number of aliphatic hydroxyl groups excluding tert-OH is 1. The summed E-state index contributed by atoms with van der Waals surface area (Å²) in [5, 5.41) is 7.92. The van der Waals surface area contributed by atoms with E-state index in [0.717, 1.165) is 0 Å². The molecule has 0 radical (unpaired) electrons. The molecule has 2 nitrogen and oxygen atoms in total. The predicted molar refractivity (Wildman–Crippen MR) is 22.6 cm³/mol. The van der Waals surface area contributed by atoms with Crippen molar-refractivity contribution in [2.75, 3.05) is 0 Å². The Bertz CT molecular complexity index is 42.9. The van der Waals surface area contributed by atoms with E-state index in [1.807, 2.05) is 9.47 Å². The lowest BCUT2D eigenvalue weighted by Gasteiger charge is -1.86. The number of hydrogen-bond donors (Lipinski definition) is 1. The highest BCUT2D eigenvalue weighted by molar-refractivity contribution is 7.10. The van der Waals surface area contributed by atoms with Gasteiger partial charge in [-0.2, -0.15) is 0 Å². The molecule has 0 aliphatic rings. The molecule has 0 aliphatic carbocycles. The van der Waals surface area contributed by atoms with Gasteiger partial charge in [0.15, 0.2) is 0 Å². The van der Waals surface area contributed by atoms with E-state index in [4.69, 9.17) is 5.11 Å². The lowest BCUT2D eigenvalue weighted by Crippen LogP contribution is -1.67. The van der Waals surface area contributed by atoms with Gasteiger partial charge in [0.25, 0.3) is 5.95 Å². The first-order chi connectivity index (χ1) is 2.27. The van der Waals surface area contributed by atoms with E-state index >= 15 is 0 Å². The van der Waals surface area contributed by atoms with Crippen LogP contribution in [0.5, 0.6) is 0 Å². The van der Waals surface area contributed by atoms with Crippen LogP contribution < -0.4 is 0 Å². The van der Waals surface area contributed by atoms with Gasteiger partial charge >= 0.3 is 0 Å². The molecule has 0 rings (SSSR count). The topological polar surface area (TPSA) is 29.5 Å². The summed E-state index contributed by atoms with van der Waals surface area (Å²) >= 11 is 0. The van der Waals surface area contributed by atoms with Crippen LogP contribution in [-0.2, 0) is 4.52 Å². The van der Waals surface area contributed by atoms with E-state index in [1.54, 1.807) is 0 Å². The monoisotopic (exact) mass is 92.0 g/mol. The number of rotatable bonds is 1. The second-order valence-electron chi connectivity index (χ2n) is 0.512. The fourth-order valence-electron chi connectivity index (χ4n) is 0. The Balaban J connectivity index is 2.85. The van der Waals surface area contributed by atoms with E-state index < -0.39 is 0 Å². The van der Waals surface area contributed by atoms with Gasteiger partial charge in [0.05, 0.1) is 9.47 Å². The van der Waals surface area contributed by atoms with E-state index in [9.17, 15) is 0 Å². The van der Waals surface area contributed by atoms with Crippen molar-refractivity contribution < 1.29 is 9.63 Å². The lowest BCUT2D eigenvalue weighted by atomic mass is 11.1. The zero-order valence-corrected chi connectivity index (χ0v) is 3.79. The van der Waals surface area contributed by atoms with Gasteiger partial charge in [-0.25, -0.2) is 0 Å². The lowest BCUT2D eigenvalue weighted by molar-refractivity contribution is 0.236. The molecule has 1 unspecified atom stereocenters. The molecule has 1 N–H and O–H groups in total. The van der Waals surface area contributed by atoms with Crippen LogP contribution in [-0.4, -0.2) is 5.11 Å². The summed E-state index contributed by atoms with van der Waals surface area (Å²) in [5.41, 5.74) is 0. The molecule has 1 atom stereocenters. The fourth-order valence-corrected chi connectivity index (χ4v) is 0. The fraction of sp³-hybridized carbons (Fsp3) is 0. The Labute approximate surface area is 32.7 Å². The summed E-state index contributed by atoms with van der Waals surface area (Å²) in [7, 11) is 1.84. The SMILES string of the molecule is C=C(O)OP. The molecule has 0 fully saturated rings. The van der Waals surface area contributed by atoms with Crippen molar-refractivity contribution in [1.29, 1.82) is 0 Å². The predicted octanol–water partition coefficient (Wildman–Crippen LogP) is 0.822. The molecule has 0 aromatic carbocycles. The highest BCUT2D eigenvalue weighted by atomic mass is 31.0. The van der Waals surface area contributed by atoms with Crippen LogP contribution in [0.1, 0.15) is 0 Å². The first kappa shape index (κ1) is 4.77. The van der Waals surface area contributed by atoms with Gasteiger partial charge in [0.2, 0.25) is 0 Å². The first-order valence-corrected chi connectivity index (χ1v) is 1.49. The van der Waals surface area contributed by atoms with Crippen molar-refractivity contribution in [2.24, 2.45) is 0 Å². The molecular formula is C2H5O2P. The summed E-state index contributed by atoms with van der Waals surface area (Å²) in [6, 6.07) is 0. The number of aliphatic hydroxyl groups is 1. The summed E-state index contributed by atoms with van der Waals surface area (Å²) in [6.07, 6.45) is 0. The first-order valence-electron chi connectivity index (χ1n) is 1.02. The zero-order chi connectivity index (χ0) is 4.28. The Morgan fingerprint density at radius 3 is 2.20 bits per heavy atom. The molecular weight excluding hydrogens is 87.0 g/mol. The van der Waals surface area contributed by atoms with Crippen molar-refractivity contribution >= 4 is 9.47 Å². The quantitative estimate of drug-likeness (QED) is 0.383. The van der Waals surface area contributed by atoms with Crippen molar-refractivity contribution in [3.8, 4) is 0 Å². The molecule has 0 aliphatic heterocycles. The smallest absolute Gasteiger partial charge is 0.271 e. The van der Waals surface area contributed by atoms with Crippen LogP contribution in [0.2, 0.25) is 0 Å². The van der Waals surface area contributed by atoms with Gasteiger partial charge in [-0.05, 0) is 6.58 Å². The van der Waals surface area contributed by atoms with Gasteiger partial charge in [-0.1, -0.05) is 0 Å². The maximum Gasteiger partial charge on any atom is 0.271 e. The molecule has 0 bridgehead atoms. The summed E-state index contributed by atoms with van der Waals surface area (Å²) in [6.45, 7) is 2.99. The van der Waals surface area contributed by atoms with Crippen LogP contribution in [0.3, 0.4) is 0 Å².